The average Bonchev–Trinajstić information content (AvgIpc) is 2.25. The first kappa shape index (κ1) is 14.9. The van der Waals surface area contributed by atoms with E-state index in [1.54, 1.807) is 19.0 Å². The smallest absolute Gasteiger partial charge is 0.233 e. The van der Waals surface area contributed by atoms with E-state index in [4.69, 9.17) is 0 Å². The molecule has 0 saturated heterocycles. The highest BCUT2D eigenvalue weighted by Crippen LogP contribution is 1.91. The molecule has 16 heavy (non-hydrogen) atoms. The predicted octanol–water partition coefficient (Wildman–Crippen LogP) is -0.0294. The van der Waals surface area contributed by atoms with Gasteiger partial charge in [0.1, 0.15) is 0 Å². The molecule has 2 N–H and O–H groups in total. The third kappa shape index (κ3) is 8.23. The maximum absolute atomic E-state index is 11.2. The van der Waals surface area contributed by atoms with Crippen molar-refractivity contribution in [1.29, 1.82) is 0 Å². The quantitative estimate of drug-likeness (QED) is 0.575. The molecule has 0 bridgehead atoms. The first-order valence-electron chi connectivity index (χ1n) is 5.75. The van der Waals surface area contributed by atoms with Crippen LogP contribution in [0, 0.1) is 0 Å². The molecule has 0 aliphatic carbocycles. The summed E-state index contributed by atoms with van der Waals surface area (Å²) < 4.78 is 0. The molecule has 2 amide bonds. The minimum absolute atomic E-state index is 0.0146. The summed E-state index contributed by atoms with van der Waals surface area (Å²) in [7, 11) is 3.49. The molecular formula is C11H23N3O2. The van der Waals surface area contributed by atoms with E-state index in [1.807, 2.05) is 6.92 Å². The van der Waals surface area contributed by atoms with Gasteiger partial charge in [0, 0.05) is 27.1 Å². The monoisotopic (exact) mass is 229 g/mol. The highest BCUT2D eigenvalue weighted by atomic mass is 16.2. The Kier molecular flexibility index (Phi) is 8.52. The van der Waals surface area contributed by atoms with Crippen molar-refractivity contribution in [3.8, 4) is 0 Å². The Bertz CT molecular complexity index is 217. The van der Waals surface area contributed by atoms with Crippen molar-refractivity contribution in [2.75, 3.05) is 33.7 Å². The molecular weight excluding hydrogens is 206 g/mol. The van der Waals surface area contributed by atoms with Gasteiger partial charge in [0.2, 0.25) is 11.8 Å². The lowest BCUT2D eigenvalue weighted by molar-refractivity contribution is -0.128. The Hall–Kier alpha value is -1.10. The first-order chi connectivity index (χ1) is 7.57. The minimum Gasteiger partial charge on any atom is -0.355 e. The molecule has 0 heterocycles. The summed E-state index contributed by atoms with van der Waals surface area (Å²) >= 11 is 0. The van der Waals surface area contributed by atoms with Crippen LogP contribution in [0.1, 0.15) is 26.2 Å². The van der Waals surface area contributed by atoms with E-state index in [-0.39, 0.29) is 11.8 Å². The number of nitrogens with zero attached hydrogens (tertiary/aromatic N) is 1. The van der Waals surface area contributed by atoms with Gasteiger partial charge in [-0.2, -0.15) is 0 Å². The third-order valence-electron chi connectivity index (χ3n) is 2.10. The van der Waals surface area contributed by atoms with Crippen molar-refractivity contribution in [2.24, 2.45) is 0 Å². The highest BCUT2D eigenvalue weighted by Gasteiger charge is 2.03. The topological polar surface area (TPSA) is 61.4 Å². The van der Waals surface area contributed by atoms with Crippen molar-refractivity contribution in [2.45, 2.75) is 26.2 Å². The molecule has 0 saturated carbocycles. The molecule has 0 spiro atoms. The molecule has 94 valence electrons. The molecule has 0 radical (unpaired) electrons. The number of carbonyl (C=O) groups is 2. The van der Waals surface area contributed by atoms with Crippen LogP contribution in [0.3, 0.4) is 0 Å². The fraction of sp³-hybridized carbons (Fsp3) is 0.818. The van der Waals surface area contributed by atoms with Gasteiger partial charge in [-0.3, -0.25) is 9.59 Å². The van der Waals surface area contributed by atoms with Gasteiger partial charge in [-0.25, -0.2) is 0 Å². The van der Waals surface area contributed by atoms with Crippen LogP contribution in [0.5, 0.6) is 0 Å². The molecule has 0 aromatic heterocycles. The molecule has 0 aliphatic heterocycles. The van der Waals surface area contributed by atoms with Crippen LogP contribution in [-0.2, 0) is 9.59 Å². The van der Waals surface area contributed by atoms with Crippen LogP contribution in [0.25, 0.3) is 0 Å². The van der Waals surface area contributed by atoms with Gasteiger partial charge < -0.3 is 15.5 Å². The average molecular weight is 229 g/mol. The number of hydrogen-bond donors (Lipinski definition) is 2. The molecule has 5 heteroatoms. The number of carbonyl (C=O) groups excluding carboxylic acids is 2. The van der Waals surface area contributed by atoms with E-state index in [2.05, 4.69) is 10.6 Å². The van der Waals surface area contributed by atoms with Crippen molar-refractivity contribution in [3.05, 3.63) is 0 Å². The van der Waals surface area contributed by atoms with Gasteiger partial charge in [-0.15, -0.1) is 0 Å². The Morgan fingerprint density at radius 2 is 1.88 bits per heavy atom. The molecule has 0 rings (SSSR count). The highest BCUT2D eigenvalue weighted by molar-refractivity contribution is 5.78. The maximum Gasteiger partial charge on any atom is 0.233 e. The molecule has 0 aromatic rings. The van der Waals surface area contributed by atoms with Crippen LogP contribution in [0.4, 0.5) is 0 Å². The number of rotatable bonds is 8. The van der Waals surface area contributed by atoms with Gasteiger partial charge in [-0.1, -0.05) is 6.92 Å². The van der Waals surface area contributed by atoms with E-state index in [0.717, 1.165) is 19.4 Å². The summed E-state index contributed by atoms with van der Waals surface area (Å²) in [6.07, 6.45) is 2.23. The fourth-order valence-corrected chi connectivity index (χ4v) is 1.12. The second kappa shape index (κ2) is 9.15. The summed E-state index contributed by atoms with van der Waals surface area (Å²) in [6.45, 7) is 3.76. The largest absolute Gasteiger partial charge is 0.355 e. The molecule has 0 unspecified atom stereocenters. The predicted molar refractivity (Wildman–Crippen MR) is 64.1 cm³/mol. The van der Waals surface area contributed by atoms with E-state index in [0.29, 0.717) is 19.5 Å². The lowest BCUT2D eigenvalue weighted by Crippen LogP contribution is -2.34. The summed E-state index contributed by atoms with van der Waals surface area (Å²) in [5.74, 6) is 0.137. The summed E-state index contributed by atoms with van der Waals surface area (Å²) in [5, 5.41) is 5.78. The van der Waals surface area contributed by atoms with Crippen LogP contribution < -0.4 is 10.6 Å². The number of hydrogen-bond acceptors (Lipinski definition) is 3. The molecule has 0 aliphatic rings. The minimum atomic E-state index is 0.0146. The van der Waals surface area contributed by atoms with E-state index in [9.17, 15) is 9.59 Å². The zero-order valence-electron chi connectivity index (χ0n) is 10.5. The Morgan fingerprint density at radius 1 is 1.19 bits per heavy atom. The second-order valence-corrected chi connectivity index (χ2v) is 3.92. The van der Waals surface area contributed by atoms with E-state index >= 15 is 0 Å². The van der Waals surface area contributed by atoms with Crippen LogP contribution in [0.15, 0.2) is 0 Å². The van der Waals surface area contributed by atoms with Crippen LogP contribution in [-0.4, -0.2) is 50.4 Å². The first-order valence-corrected chi connectivity index (χ1v) is 5.75. The zero-order valence-corrected chi connectivity index (χ0v) is 10.5. The fourth-order valence-electron chi connectivity index (χ4n) is 1.12. The number of amides is 2. The second-order valence-electron chi connectivity index (χ2n) is 3.92. The van der Waals surface area contributed by atoms with E-state index < -0.39 is 0 Å². The van der Waals surface area contributed by atoms with Crippen molar-refractivity contribution in [3.63, 3.8) is 0 Å². The number of nitrogens with one attached hydrogen (secondary N) is 2. The molecule has 0 aromatic carbocycles. The van der Waals surface area contributed by atoms with Gasteiger partial charge in [0.25, 0.3) is 0 Å². The van der Waals surface area contributed by atoms with Crippen LogP contribution >= 0.6 is 0 Å². The standard InChI is InChI=1S/C11H23N3O2/c1-4-7-13-10(15)9-12-8-5-6-11(16)14(2)3/h12H,4-9H2,1-3H3,(H,13,15). The summed E-state index contributed by atoms with van der Waals surface area (Å²) in [5.41, 5.74) is 0. The van der Waals surface area contributed by atoms with Crippen molar-refractivity contribution < 1.29 is 9.59 Å². The molecule has 0 fully saturated rings. The van der Waals surface area contributed by atoms with E-state index in [1.165, 1.54) is 0 Å². The van der Waals surface area contributed by atoms with Gasteiger partial charge >= 0.3 is 0 Å². The van der Waals surface area contributed by atoms with Gasteiger partial charge in [-0.05, 0) is 19.4 Å². The Morgan fingerprint density at radius 3 is 2.44 bits per heavy atom. The Balaban J connectivity index is 3.33. The lowest BCUT2D eigenvalue weighted by Gasteiger charge is -2.10. The Labute approximate surface area is 97.6 Å². The van der Waals surface area contributed by atoms with Crippen molar-refractivity contribution >= 4 is 11.8 Å². The maximum atomic E-state index is 11.2. The van der Waals surface area contributed by atoms with Gasteiger partial charge in [0.15, 0.2) is 0 Å². The molecule has 5 nitrogen and oxygen atoms in total. The zero-order chi connectivity index (χ0) is 12.4. The lowest BCUT2D eigenvalue weighted by atomic mass is 10.3. The SMILES string of the molecule is CCCNC(=O)CNCCCC(=O)N(C)C. The normalized spacial score (nSPS) is 9.94. The summed E-state index contributed by atoms with van der Waals surface area (Å²) in [4.78, 5) is 23.9. The summed E-state index contributed by atoms with van der Waals surface area (Å²) in [6, 6.07) is 0. The third-order valence-corrected chi connectivity index (χ3v) is 2.10. The van der Waals surface area contributed by atoms with Crippen LogP contribution in [0.2, 0.25) is 0 Å². The van der Waals surface area contributed by atoms with Crippen molar-refractivity contribution in [1.82, 2.24) is 15.5 Å². The van der Waals surface area contributed by atoms with Gasteiger partial charge in [0.05, 0.1) is 6.54 Å². The molecule has 0 atom stereocenters.